The predicted molar refractivity (Wildman–Crippen MR) is 185 cm³/mol. The number of hydrogen-bond acceptors (Lipinski definition) is 2. The van der Waals surface area contributed by atoms with Gasteiger partial charge >= 0.3 is 0 Å². The lowest BCUT2D eigenvalue weighted by Crippen LogP contribution is -2.23. The van der Waals surface area contributed by atoms with Gasteiger partial charge in [0.15, 0.2) is 0 Å². The molecule has 2 aliphatic carbocycles. The van der Waals surface area contributed by atoms with E-state index in [1.807, 2.05) is 96.5 Å². The maximum absolute atomic E-state index is 5.43. The standard InChI is InChI=1S/C11H22O2.C11H22.C7H8.C6H6.2C2H6/c1-9-7-10(12-2)5-4-6-11(8-9)13-3;1-9-5-4-6-10(2)8-11(3)7-9;1-7-5-3-2-4-6-7;1-2-4-6-5-3-1;2*1-2/h9-11H,4-8H2,1-3H3;9-11H,4-8H2,1-3H3;2-6H,1H3;1-6H;2*1-2H3. The van der Waals surface area contributed by atoms with Crippen LogP contribution in [0, 0.1) is 30.6 Å². The molecule has 0 amide bonds. The monoisotopic (exact) mass is 571 g/mol. The van der Waals surface area contributed by atoms with Crippen molar-refractivity contribution in [2.24, 2.45) is 23.7 Å². The van der Waals surface area contributed by atoms with Crippen molar-refractivity contribution in [2.75, 3.05) is 14.2 Å². The molecule has 0 aliphatic heterocycles. The van der Waals surface area contributed by atoms with Gasteiger partial charge in [0, 0.05) is 14.2 Å². The van der Waals surface area contributed by atoms with Crippen LogP contribution in [-0.2, 0) is 9.47 Å². The van der Waals surface area contributed by atoms with Gasteiger partial charge in [-0.3, -0.25) is 0 Å². The summed E-state index contributed by atoms with van der Waals surface area (Å²) in [5.74, 6) is 3.67. The molecule has 2 aromatic rings. The molecule has 2 saturated carbocycles. The number of methoxy groups -OCH3 is 2. The average Bonchev–Trinajstić information content (AvgIpc) is 2.98. The van der Waals surface area contributed by atoms with Crippen molar-refractivity contribution < 1.29 is 9.47 Å². The number of ether oxygens (including phenoxy) is 2. The van der Waals surface area contributed by atoms with E-state index in [-0.39, 0.29) is 0 Å². The van der Waals surface area contributed by atoms with Crippen LogP contribution in [0.2, 0.25) is 0 Å². The Balaban J connectivity index is 0. The second-order valence-electron chi connectivity index (χ2n) is 11.8. The van der Waals surface area contributed by atoms with E-state index in [4.69, 9.17) is 9.47 Å². The molecule has 0 bridgehead atoms. The quantitative estimate of drug-likeness (QED) is 0.357. The summed E-state index contributed by atoms with van der Waals surface area (Å²) in [6.07, 6.45) is 14.3. The minimum absolute atomic E-state index is 0.479. The van der Waals surface area contributed by atoms with E-state index in [1.54, 1.807) is 0 Å². The molecule has 0 N–H and O–H groups in total. The molecule has 2 fully saturated rings. The molecule has 4 unspecified atom stereocenters. The van der Waals surface area contributed by atoms with Crippen molar-refractivity contribution in [1.29, 1.82) is 0 Å². The fraction of sp³-hybridized carbons (Fsp3) is 0.692. The number of rotatable bonds is 2. The van der Waals surface area contributed by atoms with Crippen LogP contribution in [0.15, 0.2) is 66.7 Å². The average molecular weight is 571 g/mol. The van der Waals surface area contributed by atoms with Crippen LogP contribution in [-0.4, -0.2) is 26.4 Å². The first-order valence-corrected chi connectivity index (χ1v) is 16.9. The zero-order chi connectivity index (χ0) is 31.3. The molecule has 2 heteroatoms. The van der Waals surface area contributed by atoms with Crippen molar-refractivity contribution >= 4 is 0 Å². The van der Waals surface area contributed by atoms with Crippen molar-refractivity contribution in [1.82, 2.24) is 0 Å². The van der Waals surface area contributed by atoms with Crippen molar-refractivity contribution in [3.63, 3.8) is 0 Å². The van der Waals surface area contributed by atoms with Gasteiger partial charge in [-0.05, 0) is 75.5 Å². The fourth-order valence-electron chi connectivity index (χ4n) is 5.67. The Hall–Kier alpha value is -1.64. The zero-order valence-corrected chi connectivity index (χ0v) is 29.2. The highest BCUT2D eigenvalue weighted by Gasteiger charge is 2.20. The summed E-state index contributed by atoms with van der Waals surface area (Å²) in [6, 6.07) is 22.3. The fourth-order valence-corrected chi connectivity index (χ4v) is 5.67. The predicted octanol–water partition coefficient (Wildman–Crippen LogP) is 12.2. The summed E-state index contributed by atoms with van der Waals surface area (Å²) in [6.45, 7) is 19.6. The highest BCUT2D eigenvalue weighted by Crippen LogP contribution is 2.29. The van der Waals surface area contributed by atoms with E-state index >= 15 is 0 Å². The Bertz CT molecular complexity index is 679. The highest BCUT2D eigenvalue weighted by atomic mass is 16.5. The summed E-state index contributed by atoms with van der Waals surface area (Å²) < 4.78 is 10.9. The van der Waals surface area contributed by atoms with Crippen LogP contribution in [0.5, 0.6) is 0 Å². The van der Waals surface area contributed by atoms with Crippen molar-refractivity contribution in [3.05, 3.63) is 72.3 Å². The third kappa shape index (κ3) is 25.8. The first-order chi connectivity index (χ1) is 19.8. The van der Waals surface area contributed by atoms with E-state index in [0.717, 1.165) is 23.7 Å². The second-order valence-corrected chi connectivity index (χ2v) is 11.8. The molecule has 2 nitrogen and oxygen atoms in total. The normalized spacial score (nSPS) is 25.6. The van der Waals surface area contributed by atoms with Crippen LogP contribution in [0.25, 0.3) is 0 Å². The molecule has 0 saturated heterocycles. The molecular formula is C39H70O2. The van der Waals surface area contributed by atoms with Crippen LogP contribution >= 0.6 is 0 Å². The largest absolute Gasteiger partial charge is 0.381 e. The van der Waals surface area contributed by atoms with E-state index in [0.29, 0.717) is 12.2 Å². The molecule has 4 rings (SSSR count). The van der Waals surface area contributed by atoms with Gasteiger partial charge in [0.2, 0.25) is 0 Å². The molecule has 0 spiro atoms. The zero-order valence-electron chi connectivity index (χ0n) is 29.2. The summed E-state index contributed by atoms with van der Waals surface area (Å²) in [4.78, 5) is 0. The van der Waals surface area contributed by atoms with Crippen LogP contribution in [0.1, 0.15) is 125 Å². The molecule has 2 aromatic carbocycles. The first kappa shape index (κ1) is 41.5. The lowest BCUT2D eigenvalue weighted by atomic mass is 9.82. The number of hydrogen-bond donors (Lipinski definition) is 0. The van der Waals surface area contributed by atoms with E-state index < -0.39 is 0 Å². The summed E-state index contributed by atoms with van der Waals surface area (Å²) in [5, 5.41) is 0. The third-order valence-corrected chi connectivity index (χ3v) is 7.66. The lowest BCUT2D eigenvalue weighted by Gasteiger charge is -2.27. The maximum atomic E-state index is 5.43. The Morgan fingerprint density at radius 2 is 0.780 bits per heavy atom. The van der Waals surface area contributed by atoms with Gasteiger partial charge in [0.05, 0.1) is 12.2 Å². The molecular weight excluding hydrogens is 500 g/mol. The minimum Gasteiger partial charge on any atom is -0.381 e. The summed E-state index contributed by atoms with van der Waals surface area (Å²) >= 11 is 0. The summed E-state index contributed by atoms with van der Waals surface area (Å²) in [5.41, 5.74) is 1.32. The van der Waals surface area contributed by atoms with Gasteiger partial charge in [-0.1, -0.05) is 147 Å². The molecule has 2 aliphatic rings. The highest BCUT2D eigenvalue weighted by molar-refractivity contribution is 5.11. The first-order valence-electron chi connectivity index (χ1n) is 16.9. The van der Waals surface area contributed by atoms with Crippen molar-refractivity contribution in [3.8, 4) is 0 Å². The van der Waals surface area contributed by atoms with Gasteiger partial charge in [0.1, 0.15) is 0 Å². The SMILES string of the molecule is CC.CC.CC1CCCC(C)CC(C)C1.COC1CCCC(OC)CC(C)C1.Cc1ccccc1.c1ccccc1. The minimum atomic E-state index is 0.479. The molecule has 238 valence electrons. The Labute approximate surface area is 258 Å². The maximum Gasteiger partial charge on any atom is 0.0574 e. The number of benzene rings is 2. The van der Waals surface area contributed by atoms with Gasteiger partial charge in [0.25, 0.3) is 0 Å². The molecule has 0 heterocycles. The Kier molecular flexibility index (Phi) is 30.2. The van der Waals surface area contributed by atoms with Crippen LogP contribution < -0.4 is 0 Å². The molecule has 0 radical (unpaired) electrons. The summed E-state index contributed by atoms with van der Waals surface area (Å²) in [7, 11) is 3.65. The number of aryl methyl sites for hydroxylation is 1. The Morgan fingerprint density at radius 3 is 1.10 bits per heavy atom. The Morgan fingerprint density at radius 1 is 0.463 bits per heavy atom. The third-order valence-electron chi connectivity index (χ3n) is 7.66. The van der Waals surface area contributed by atoms with Crippen LogP contribution in [0.3, 0.4) is 0 Å². The topological polar surface area (TPSA) is 18.5 Å². The van der Waals surface area contributed by atoms with Crippen LogP contribution in [0.4, 0.5) is 0 Å². The lowest BCUT2D eigenvalue weighted by molar-refractivity contribution is 0.0239. The van der Waals surface area contributed by atoms with E-state index in [9.17, 15) is 0 Å². The van der Waals surface area contributed by atoms with E-state index in [2.05, 4.69) is 46.8 Å². The second kappa shape index (κ2) is 29.8. The smallest absolute Gasteiger partial charge is 0.0574 e. The van der Waals surface area contributed by atoms with Gasteiger partial charge in [-0.25, -0.2) is 0 Å². The molecule has 41 heavy (non-hydrogen) atoms. The molecule has 0 aromatic heterocycles. The van der Waals surface area contributed by atoms with E-state index in [1.165, 1.54) is 69.8 Å². The van der Waals surface area contributed by atoms with Gasteiger partial charge in [-0.2, -0.15) is 0 Å². The molecule has 4 atom stereocenters. The van der Waals surface area contributed by atoms with Crippen molar-refractivity contribution in [2.45, 2.75) is 139 Å². The van der Waals surface area contributed by atoms with Gasteiger partial charge in [-0.15, -0.1) is 0 Å². The van der Waals surface area contributed by atoms with Gasteiger partial charge < -0.3 is 9.47 Å².